The highest BCUT2D eigenvalue weighted by Crippen LogP contribution is 2.34. The molecule has 5 nitrogen and oxygen atoms in total. The quantitative estimate of drug-likeness (QED) is 0.591. The van der Waals surface area contributed by atoms with Crippen LogP contribution < -0.4 is 5.32 Å². The van der Waals surface area contributed by atoms with Crippen LogP contribution in [0, 0.1) is 11.5 Å². The van der Waals surface area contributed by atoms with Crippen molar-refractivity contribution in [3.63, 3.8) is 0 Å². The predicted molar refractivity (Wildman–Crippen MR) is 113 cm³/mol. The number of hydrogen-bond acceptors (Lipinski definition) is 4. The SMILES string of the molecule is CN1C2CCC1CC(NC(=O)C1=NN=C3CC(C#C[Si](C)(C)C)=CC=C31)C2. The normalized spacial score (nSPS) is 29.7. The summed E-state index contributed by atoms with van der Waals surface area (Å²) in [6, 6.07) is 1.46. The van der Waals surface area contributed by atoms with E-state index < -0.39 is 8.07 Å². The van der Waals surface area contributed by atoms with Crippen LogP contribution in [0.4, 0.5) is 0 Å². The van der Waals surface area contributed by atoms with E-state index in [2.05, 4.69) is 58.6 Å². The van der Waals surface area contributed by atoms with Crippen molar-refractivity contribution in [2.45, 2.75) is 69.9 Å². The van der Waals surface area contributed by atoms with Crippen LogP contribution in [0.25, 0.3) is 0 Å². The average Bonchev–Trinajstić information content (AvgIpc) is 3.09. The monoisotopic (exact) mass is 380 g/mol. The second kappa shape index (κ2) is 6.88. The smallest absolute Gasteiger partial charge is 0.272 e. The lowest BCUT2D eigenvalue weighted by Crippen LogP contribution is -2.50. The maximum atomic E-state index is 12.8. The molecule has 1 N–H and O–H groups in total. The number of carbonyl (C=O) groups excluding carboxylic acids is 1. The molecule has 4 rings (SSSR count). The van der Waals surface area contributed by atoms with Crippen LogP contribution in [0.1, 0.15) is 32.1 Å². The highest BCUT2D eigenvalue weighted by atomic mass is 28.3. The molecule has 2 saturated heterocycles. The van der Waals surface area contributed by atoms with Crippen LogP contribution in [0.5, 0.6) is 0 Å². The Hall–Kier alpha value is -1.97. The molecule has 6 heteroatoms. The topological polar surface area (TPSA) is 57.1 Å². The number of carbonyl (C=O) groups is 1. The van der Waals surface area contributed by atoms with Gasteiger partial charge in [0.05, 0.1) is 5.71 Å². The van der Waals surface area contributed by atoms with Gasteiger partial charge < -0.3 is 10.2 Å². The molecule has 2 fully saturated rings. The Labute approximate surface area is 162 Å². The van der Waals surface area contributed by atoms with Crippen molar-refractivity contribution in [1.82, 2.24) is 10.2 Å². The summed E-state index contributed by atoms with van der Waals surface area (Å²) in [6.07, 6.45) is 9.22. The first kappa shape index (κ1) is 18.4. The van der Waals surface area contributed by atoms with Crippen molar-refractivity contribution in [2.75, 3.05) is 7.05 Å². The van der Waals surface area contributed by atoms with Gasteiger partial charge in [0.1, 0.15) is 8.07 Å². The van der Waals surface area contributed by atoms with Crippen molar-refractivity contribution in [3.05, 3.63) is 23.3 Å². The Morgan fingerprint density at radius 3 is 2.56 bits per heavy atom. The molecule has 2 atom stereocenters. The molecule has 0 spiro atoms. The zero-order chi connectivity index (χ0) is 19.2. The molecule has 0 radical (unpaired) electrons. The number of fused-ring (bicyclic) bond motifs is 3. The number of piperidine rings is 1. The van der Waals surface area contributed by atoms with Crippen molar-refractivity contribution < 1.29 is 4.79 Å². The van der Waals surface area contributed by atoms with Crippen LogP contribution in [0.2, 0.25) is 19.6 Å². The summed E-state index contributed by atoms with van der Waals surface area (Å²) in [6.45, 7) is 6.70. The largest absolute Gasteiger partial charge is 0.348 e. The molecule has 1 aliphatic carbocycles. The molecule has 0 aromatic rings. The molecule has 2 bridgehead atoms. The van der Waals surface area contributed by atoms with E-state index in [4.69, 9.17) is 0 Å². The standard InChI is InChI=1S/C21H28N4OSi/c1-25-16-6-7-17(25)13-15(12-16)22-21(26)20-18-8-5-14(9-10-27(2,3)4)11-19(18)23-24-20/h5,8,15-17H,6-7,11-13H2,1-4H3,(H,22,26). The zero-order valence-electron chi connectivity index (χ0n) is 16.7. The van der Waals surface area contributed by atoms with E-state index in [1.807, 2.05) is 12.2 Å². The van der Waals surface area contributed by atoms with Crippen LogP contribution in [0.3, 0.4) is 0 Å². The highest BCUT2D eigenvalue weighted by molar-refractivity contribution is 6.83. The minimum Gasteiger partial charge on any atom is -0.348 e. The van der Waals surface area contributed by atoms with Gasteiger partial charge in [-0.3, -0.25) is 4.79 Å². The molecule has 3 heterocycles. The van der Waals surface area contributed by atoms with Gasteiger partial charge >= 0.3 is 0 Å². The van der Waals surface area contributed by atoms with Crippen molar-refractivity contribution >= 4 is 25.4 Å². The summed E-state index contributed by atoms with van der Waals surface area (Å²) in [5.74, 6) is 3.21. The summed E-state index contributed by atoms with van der Waals surface area (Å²) >= 11 is 0. The van der Waals surface area contributed by atoms with Crippen LogP contribution >= 0.6 is 0 Å². The van der Waals surface area contributed by atoms with Gasteiger partial charge in [0.15, 0.2) is 5.71 Å². The van der Waals surface area contributed by atoms with Gasteiger partial charge in [-0.05, 0) is 44.9 Å². The van der Waals surface area contributed by atoms with Gasteiger partial charge in [0, 0.05) is 35.7 Å². The molecular formula is C21H28N4OSi. The Morgan fingerprint density at radius 2 is 1.89 bits per heavy atom. The fourth-order valence-corrected chi connectivity index (χ4v) is 4.92. The molecule has 2 unspecified atom stereocenters. The van der Waals surface area contributed by atoms with Gasteiger partial charge in [-0.25, -0.2) is 0 Å². The van der Waals surface area contributed by atoms with E-state index in [9.17, 15) is 4.79 Å². The molecular weight excluding hydrogens is 352 g/mol. The summed E-state index contributed by atoms with van der Waals surface area (Å²) in [5.41, 5.74) is 6.64. The van der Waals surface area contributed by atoms with E-state index in [1.165, 1.54) is 12.8 Å². The Balaban J connectivity index is 1.42. The van der Waals surface area contributed by atoms with E-state index in [0.29, 0.717) is 24.2 Å². The fraction of sp³-hybridized carbons (Fsp3) is 0.571. The molecule has 4 aliphatic rings. The lowest BCUT2D eigenvalue weighted by molar-refractivity contribution is -0.115. The Morgan fingerprint density at radius 1 is 1.19 bits per heavy atom. The molecule has 1 amide bonds. The number of rotatable bonds is 2. The predicted octanol–water partition coefficient (Wildman–Crippen LogP) is 2.68. The average molecular weight is 381 g/mol. The minimum atomic E-state index is -1.40. The minimum absolute atomic E-state index is 0.0843. The lowest BCUT2D eigenvalue weighted by atomic mass is 9.93. The maximum absolute atomic E-state index is 12.8. The van der Waals surface area contributed by atoms with E-state index >= 15 is 0 Å². The Kier molecular flexibility index (Phi) is 4.69. The lowest BCUT2D eigenvalue weighted by Gasteiger charge is -2.36. The summed E-state index contributed by atoms with van der Waals surface area (Å²) < 4.78 is 0. The third-order valence-corrected chi connectivity index (χ3v) is 6.77. The third-order valence-electron chi connectivity index (χ3n) is 5.89. The van der Waals surface area contributed by atoms with Crippen LogP contribution in [-0.4, -0.2) is 55.5 Å². The summed E-state index contributed by atoms with van der Waals surface area (Å²) in [5, 5.41) is 11.7. The molecule has 27 heavy (non-hydrogen) atoms. The first-order chi connectivity index (χ1) is 12.8. The van der Waals surface area contributed by atoms with Gasteiger partial charge in [0.25, 0.3) is 5.91 Å². The van der Waals surface area contributed by atoms with E-state index in [-0.39, 0.29) is 11.9 Å². The van der Waals surface area contributed by atoms with Gasteiger partial charge in [-0.2, -0.15) is 5.10 Å². The van der Waals surface area contributed by atoms with Gasteiger partial charge in [0.2, 0.25) is 0 Å². The number of nitrogens with one attached hydrogen (secondary N) is 1. The molecule has 0 aromatic heterocycles. The van der Waals surface area contributed by atoms with E-state index in [1.54, 1.807) is 0 Å². The maximum Gasteiger partial charge on any atom is 0.272 e. The number of allylic oxidation sites excluding steroid dienone is 3. The van der Waals surface area contributed by atoms with Crippen molar-refractivity contribution in [2.24, 2.45) is 10.2 Å². The van der Waals surface area contributed by atoms with Gasteiger partial charge in [-0.15, -0.1) is 10.6 Å². The van der Waals surface area contributed by atoms with Gasteiger partial charge in [-0.1, -0.05) is 25.6 Å². The molecule has 0 aromatic carbocycles. The zero-order valence-corrected chi connectivity index (χ0v) is 17.7. The summed E-state index contributed by atoms with van der Waals surface area (Å²) in [4.78, 5) is 15.3. The molecule has 0 saturated carbocycles. The molecule has 3 aliphatic heterocycles. The third kappa shape index (κ3) is 3.85. The van der Waals surface area contributed by atoms with Crippen molar-refractivity contribution in [3.8, 4) is 11.5 Å². The molecule has 142 valence electrons. The first-order valence-electron chi connectivity index (χ1n) is 9.92. The first-order valence-corrected chi connectivity index (χ1v) is 13.4. The van der Waals surface area contributed by atoms with Crippen LogP contribution in [0.15, 0.2) is 33.5 Å². The van der Waals surface area contributed by atoms with Crippen molar-refractivity contribution in [1.29, 1.82) is 0 Å². The summed E-state index contributed by atoms with van der Waals surface area (Å²) in [7, 11) is 0.811. The number of nitrogens with zero attached hydrogens (tertiary/aromatic N) is 3. The number of hydrogen-bond donors (Lipinski definition) is 1. The highest BCUT2D eigenvalue weighted by Gasteiger charge is 2.39. The van der Waals surface area contributed by atoms with E-state index in [0.717, 1.165) is 29.7 Å². The van der Waals surface area contributed by atoms with Crippen LogP contribution in [-0.2, 0) is 4.79 Å². The second-order valence-corrected chi connectivity index (χ2v) is 13.9. The Bertz CT molecular complexity index is 836. The fourth-order valence-electron chi connectivity index (χ4n) is 4.39. The number of amides is 1. The second-order valence-electron chi connectivity index (χ2n) is 9.14.